The minimum absolute atomic E-state index is 0.122. The summed E-state index contributed by atoms with van der Waals surface area (Å²) in [5, 5.41) is 7.10. The molecule has 0 amide bonds. The molecule has 5 nitrogen and oxygen atoms in total. The largest absolute Gasteiger partial charge is 0.376 e. The van der Waals surface area contributed by atoms with Gasteiger partial charge in [0.25, 0.3) is 0 Å². The molecule has 2 fully saturated rings. The van der Waals surface area contributed by atoms with Gasteiger partial charge in [-0.05, 0) is 31.3 Å². The van der Waals surface area contributed by atoms with Crippen LogP contribution in [0.3, 0.4) is 0 Å². The Labute approximate surface area is 83.4 Å². The fourth-order valence-electron chi connectivity index (χ4n) is 2.40. The molecule has 1 N–H and O–H groups in total. The third-order valence-electron chi connectivity index (χ3n) is 3.14. The first kappa shape index (κ1) is 9.77. The van der Waals surface area contributed by atoms with Gasteiger partial charge >= 0.3 is 0 Å². The van der Waals surface area contributed by atoms with Gasteiger partial charge in [0.2, 0.25) is 0 Å². The van der Waals surface area contributed by atoms with Crippen LogP contribution in [-0.4, -0.2) is 31.3 Å². The van der Waals surface area contributed by atoms with Crippen molar-refractivity contribution in [2.75, 3.05) is 19.7 Å². The van der Waals surface area contributed by atoms with Crippen LogP contribution in [0.1, 0.15) is 25.7 Å². The second kappa shape index (κ2) is 4.17. The summed E-state index contributed by atoms with van der Waals surface area (Å²) in [7, 11) is 0. The summed E-state index contributed by atoms with van der Waals surface area (Å²) in [5.74, 6) is 0. The average Bonchev–Trinajstić information content (AvgIpc) is 2.60. The van der Waals surface area contributed by atoms with Crippen molar-refractivity contribution >= 4 is 0 Å². The van der Waals surface area contributed by atoms with Crippen LogP contribution in [0.2, 0.25) is 0 Å². The molecule has 78 valence electrons. The Morgan fingerprint density at radius 1 is 1.57 bits per heavy atom. The SMILES string of the molecule is [N-]=[N+]=NC[C@H]1C[C@]2(CCCCN2)CO1. The molecule has 0 saturated carbocycles. The van der Waals surface area contributed by atoms with E-state index in [1.165, 1.54) is 19.3 Å². The first-order valence-corrected chi connectivity index (χ1v) is 5.22. The van der Waals surface area contributed by atoms with Gasteiger partial charge in [0, 0.05) is 10.5 Å². The van der Waals surface area contributed by atoms with Crippen molar-refractivity contribution in [1.29, 1.82) is 0 Å². The highest BCUT2D eigenvalue weighted by molar-refractivity contribution is 4.97. The molecule has 0 radical (unpaired) electrons. The van der Waals surface area contributed by atoms with Crippen LogP contribution in [0.4, 0.5) is 0 Å². The van der Waals surface area contributed by atoms with Gasteiger partial charge in [0.15, 0.2) is 0 Å². The summed E-state index contributed by atoms with van der Waals surface area (Å²) in [5.41, 5.74) is 8.40. The van der Waals surface area contributed by atoms with Crippen LogP contribution >= 0.6 is 0 Å². The van der Waals surface area contributed by atoms with Gasteiger partial charge in [-0.1, -0.05) is 11.5 Å². The van der Waals surface area contributed by atoms with Crippen molar-refractivity contribution in [3.8, 4) is 0 Å². The molecule has 1 spiro atoms. The predicted octanol–water partition coefficient (Wildman–Crippen LogP) is 1.60. The van der Waals surface area contributed by atoms with Crippen molar-refractivity contribution in [3.63, 3.8) is 0 Å². The van der Waals surface area contributed by atoms with Crippen LogP contribution in [0.5, 0.6) is 0 Å². The van der Waals surface area contributed by atoms with Crippen LogP contribution in [-0.2, 0) is 4.74 Å². The second-order valence-corrected chi connectivity index (χ2v) is 4.21. The molecule has 0 unspecified atom stereocenters. The molecule has 0 aromatic heterocycles. The summed E-state index contributed by atoms with van der Waals surface area (Å²) in [6.45, 7) is 2.34. The van der Waals surface area contributed by atoms with E-state index in [1.54, 1.807) is 0 Å². The van der Waals surface area contributed by atoms with Gasteiger partial charge < -0.3 is 10.1 Å². The van der Waals surface area contributed by atoms with Crippen LogP contribution < -0.4 is 5.32 Å². The van der Waals surface area contributed by atoms with E-state index in [0.717, 1.165) is 19.6 Å². The van der Waals surface area contributed by atoms with Crippen molar-refractivity contribution in [1.82, 2.24) is 5.32 Å². The molecular formula is C9H16N4O. The number of hydrogen-bond acceptors (Lipinski definition) is 3. The number of nitrogens with one attached hydrogen (secondary N) is 1. The Bertz CT molecular complexity index is 243. The van der Waals surface area contributed by atoms with Crippen LogP contribution in [0, 0.1) is 0 Å². The third kappa shape index (κ3) is 2.00. The number of ether oxygens (including phenoxy) is 1. The molecule has 0 aromatic carbocycles. The van der Waals surface area contributed by atoms with E-state index in [1.807, 2.05) is 0 Å². The van der Waals surface area contributed by atoms with Crippen molar-refractivity contribution in [2.45, 2.75) is 37.3 Å². The highest BCUT2D eigenvalue weighted by Crippen LogP contribution is 2.31. The number of piperidine rings is 1. The van der Waals surface area contributed by atoms with Crippen LogP contribution in [0.25, 0.3) is 10.4 Å². The zero-order valence-electron chi connectivity index (χ0n) is 8.28. The molecule has 2 aliphatic rings. The maximum Gasteiger partial charge on any atom is 0.0653 e. The van der Waals surface area contributed by atoms with E-state index in [4.69, 9.17) is 10.3 Å². The van der Waals surface area contributed by atoms with Crippen molar-refractivity contribution in [3.05, 3.63) is 10.4 Å². The molecule has 2 aliphatic heterocycles. The van der Waals surface area contributed by atoms with Gasteiger partial charge in [-0.25, -0.2) is 0 Å². The van der Waals surface area contributed by atoms with Crippen LogP contribution in [0.15, 0.2) is 5.11 Å². The standard InChI is InChI=1S/C9H16N4O/c10-13-12-6-8-5-9(7-14-8)3-1-2-4-11-9/h8,11H,1-7H2/t8-,9-/m1/s1. The highest BCUT2D eigenvalue weighted by Gasteiger charge is 2.40. The Hall–Kier alpha value is -0.770. The fourth-order valence-corrected chi connectivity index (χ4v) is 2.40. The van der Waals surface area contributed by atoms with E-state index in [9.17, 15) is 0 Å². The monoisotopic (exact) mass is 196 g/mol. The lowest BCUT2D eigenvalue weighted by atomic mass is 9.87. The smallest absolute Gasteiger partial charge is 0.0653 e. The first-order valence-electron chi connectivity index (χ1n) is 5.22. The molecule has 2 heterocycles. The number of nitrogens with zero attached hydrogens (tertiary/aromatic N) is 3. The maximum absolute atomic E-state index is 8.22. The second-order valence-electron chi connectivity index (χ2n) is 4.21. The molecule has 0 aromatic rings. The molecule has 0 aliphatic carbocycles. The molecule has 14 heavy (non-hydrogen) atoms. The van der Waals surface area contributed by atoms with Crippen molar-refractivity contribution < 1.29 is 4.74 Å². The Kier molecular flexibility index (Phi) is 2.91. The lowest BCUT2D eigenvalue weighted by Gasteiger charge is -2.33. The predicted molar refractivity (Wildman–Crippen MR) is 53.0 cm³/mol. The Balaban J connectivity index is 1.88. The quantitative estimate of drug-likeness (QED) is 0.414. The lowest BCUT2D eigenvalue weighted by molar-refractivity contribution is 0.102. The number of hydrogen-bond donors (Lipinski definition) is 1. The summed E-state index contributed by atoms with van der Waals surface area (Å²) >= 11 is 0. The molecule has 5 heteroatoms. The van der Waals surface area contributed by atoms with Gasteiger partial charge in [-0.3, -0.25) is 0 Å². The van der Waals surface area contributed by atoms with E-state index >= 15 is 0 Å². The lowest BCUT2D eigenvalue weighted by Crippen LogP contribution is -2.49. The number of rotatable bonds is 2. The normalized spacial score (nSPS) is 37.0. The van der Waals surface area contributed by atoms with E-state index < -0.39 is 0 Å². The fraction of sp³-hybridized carbons (Fsp3) is 1.00. The van der Waals surface area contributed by atoms with Gasteiger partial charge in [-0.2, -0.15) is 0 Å². The average molecular weight is 196 g/mol. The summed E-state index contributed by atoms with van der Waals surface area (Å²) < 4.78 is 5.62. The highest BCUT2D eigenvalue weighted by atomic mass is 16.5. The molecule has 0 bridgehead atoms. The first-order chi connectivity index (χ1) is 6.85. The molecular weight excluding hydrogens is 180 g/mol. The zero-order valence-corrected chi connectivity index (χ0v) is 8.28. The molecule has 2 saturated heterocycles. The van der Waals surface area contributed by atoms with Crippen molar-refractivity contribution in [2.24, 2.45) is 5.11 Å². The van der Waals surface area contributed by atoms with E-state index in [2.05, 4.69) is 15.3 Å². The van der Waals surface area contributed by atoms with Gasteiger partial charge in [0.05, 0.1) is 19.3 Å². The van der Waals surface area contributed by atoms with Gasteiger partial charge in [0.1, 0.15) is 0 Å². The third-order valence-corrected chi connectivity index (χ3v) is 3.14. The zero-order chi connectivity index (χ0) is 9.86. The summed E-state index contributed by atoms with van der Waals surface area (Å²) in [6.07, 6.45) is 4.86. The summed E-state index contributed by atoms with van der Waals surface area (Å²) in [4.78, 5) is 2.76. The van der Waals surface area contributed by atoms with E-state index in [0.29, 0.717) is 6.54 Å². The molecule has 2 rings (SSSR count). The van der Waals surface area contributed by atoms with Gasteiger partial charge in [-0.15, -0.1) is 0 Å². The molecule has 2 atom stereocenters. The topological polar surface area (TPSA) is 70.0 Å². The minimum Gasteiger partial charge on any atom is -0.376 e. The van der Waals surface area contributed by atoms with E-state index in [-0.39, 0.29) is 11.6 Å². The summed E-state index contributed by atoms with van der Waals surface area (Å²) in [6, 6.07) is 0. The Morgan fingerprint density at radius 2 is 2.50 bits per heavy atom. The Morgan fingerprint density at radius 3 is 3.21 bits per heavy atom. The minimum atomic E-state index is 0.122. The number of azide groups is 1. The maximum atomic E-state index is 8.22.